The van der Waals surface area contributed by atoms with E-state index in [1.807, 2.05) is 0 Å². The summed E-state index contributed by atoms with van der Waals surface area (Å²) in [7, 11) is 0. The van der Waals surface area contributed by atoms with Crippen molar-refractivity contribution in [1.29, 1.82) is 0 Å². The van der Waals surface area contributed by atoms with Gasteiger partial charge in [0.05, 0.1) is 29.2 Å². The van der Waals surface area contributed by atoms with Gasteiger partial charge in [-0.15, -0.1) is 0 Å². The molecule has 0 unspecified atom stereocenters. The molecule has 0 atom stereocenters. The molecule has 1 heterocycles. The van der Waals surface area contributed by atoms with Gasteiger partial charge in [0.15, 0.2) is 0 Å². The highest BCUT2D eigenvalue weighted by Gasteiger charge is 2.22. The zero-order valence-electron chi connectivity index (χ0n) is 16.4. The number of hydrogen-bond acceptors (Lipinski definition) is 9. The number of phenolic OH excluding ortho intramolecular Hbond substituents is 1. The molecule has 0 radical (unpaired) electrons. The Morgan fingerprint density at radius 2 is 1.83 bits per heavy atom. The number of aromatic hydroxyl groups is 1. The van der Waals surface area contributed by atoms with Crippen LogP contribution in [-0.4, -0.2) is 39.2 Å². The van der Waals surface area contributed by atoms with E-state index >= 15 is 0 Å². The molecule has 0 amide bonds. The number of carbonyl (C=O) groups excluding carboxylic acids is 1. The van der Waals surface area contributed by atoms with Crippen molar-refractivity contribution in [1.82, 2.24) is 9.97 Å². The van der Waals surface area contributed by atoms with E-state index in [2.05, 4.69) is 15.3 Å². The fourth-order valence-corrected chi connectivity index (χ4v) is 2.75. The number of nitrogens with one attached hydrogen (secondary N) is 1. The minimum absolute atomic E-state index is 0.0393. The van der Waals surface area contributed by atoms with E-state index in [0.717, 1.165) is 5.56 Å². The van der Waals surface area contributed by atoms with Crippen molar-refractivity contribution in [3.05, 3.63) is 57.8 Å². The number of nitro groups is 1. The van der Waals surface area contributed by atoms with Crippen LogP contribution in [0, 0.1) is 10.1 Å². The normalized spacial score (nSPS) is 10.6. The predicted molar refractivity (Wildman–Crippen MR) is 109 cm³/mol. The first-order chi connectivity index (χ1) is 14.4. The van der Waals surface area contributed by atoms with E-state index in [1.165, 1.54) is 24.3 Å². The van der Waals surface area contributed by atoms with Crippen LogP contribution >= 0.6 is 0 Å². The fourth-order valence-electron chi connectivity index (χ4n) is 2.75. The third-order valence-electron chi connectivity index (χ3n) is 4.12. The molecule has 0 spiro atoms. The number of anilines is 1. The summed E-state index contributed by atoms with van der Waals surface area (Å²) in [5.41, 5.74) is 1.24. The molecule has 0 saturated heterocycles. The quantitative estimate of drug-likeness (QED) is 0.324. The Labute approximate surface area is 171 Å². The number of nitro benzene ring substituents is 1. The van der Waals surface area contributed by atoms with Gasteiger partial charge in [-0.2, -0.15) is 0 Å². The molecule has 156 valence electrons. The summed E-state index contributed by atoms with van der Waals surface area (Å²) < 4.78 is 10.4. The van der Waals surface area contributed by atoms with Gasteiger partial charge < -0.3 is 19.9 Å². The average molecular weight is 412 g/mol. The first-order valence-electron chi connectivity index (χ1n) is 9.24. The standard InChI is InChI=1S/C20H20N4O6/c1-3-29-19-18(20(26)30-4-2)22-14-9-16(17(24(27)28)10-15(14)23-19)21-11-12-5-7-13(25)8-6-12/h5-10,21,25H,3-4,11H2,1-2H3. The van der Waals surface area contributed by atoms with Crippen molar-refractivity contribution < 1.29 is 24.3 Å². The van der Waals surface area contributed by atoms with Crippen LogP contribution in [0.1, 0.15) is 29.9 Å². The van der Waals surface area contributed by atoms with E-state index in [9.17, 15) is 20.0 Å². The van der Waals surface area contributed by atoms with Crippen molar-refractivity contribution in [2.24, 2.45) is 0 Å². The number of ether oxygens (including phenoxy) is 2. The van der Waals surface area contributed by atoms with Crippen LogP contribution in [0.15, 0.2) is 36.4 Å². The molecule has 0 aliphatic heterocycles. The lowest BCUT2D eigenvalue weighted by molar-refractivity contribution is -0.383. The lowest BCUT2D eigenvalue weighted by Gasteiger charge is -2.11. The summed E-state index contributed by atoms with van der Waals surface area (Å²) in [5.74, 6) is -0.600. The number of hydrogen-bond donors (Lipinski definition) is 2. The highest BCUT2D eigenvalue weighted by atomic mass is 16.6. The number of phenols is 1. The second-order valence-corrected chi connectivity index (χ2v) is 6.17. The van der Waals surface area contributed by atoms with Crippen molar-refractivity contribution in [3.8, 4) is 11.6 Å². The zero-order chi connectivity index (χ0) is 21.7. The Morgan fingerprint density at radius 3 is 2.47 bits per heavy atom. The zero-order valence-corrected chi connectivity index (χ0v) is 16.4. The summed E-state index contributed by atoms with van der Waals surface area (Å²) in [5, 5.41) is 23.9. The lowest BCUT2D eigenvalue weighted by atomic mass is 10.2. The molecule has 0 saturated carbocycles. The van der Waals surface area contributed by atoms with Gasteiger partial charge in [0, 0.05) is 12.6 Å². The van der Waals surface area contributed by atoms with E-state index in [-0.39, 0.29) is 59.5 Å². The molecule has 3 aromatic rings. The molecule has 0 aliphatic carbocycles. The topological polar surface area (TPSA) is 137 Å². The third kappa shape index (κ3) is 4.54. The summed E-state index contributed by atoms with van der Waals surface area (Å²) >= 11 is 0. The lowest BCUT2D eigenvalue weighted by Crippen LogP contribution is -2.12. The van der Waals surface area contributed by atoms with Crippen molar-refractivity contribution >= 4 is 28.4 Å². The van der Waals surface area contributed by atoms with Gasteiger partial charge in [-0.1, -0.05) is 12.1 Å². The van der Waals surface area contributed by atoms with Crippen molar-refractivity contribution in [3.63, 3.8) is 0 Å². The Kier molecular flexibility index (Phi) is 6.26. The molecule has 10 heteroatoms. The monoisotopic (exact) mass is 412 g/mol. The minimum Gasteiger partial charge on any atom is -0.508 e. The summed E-state index contributed by atoms with van der Waals surface area (Å²) in [4.78, 5) is 31.8. The molecule has 2 aromatic carbocycles. The second kappa shape index (κ2) is 9.03. The van der Waals surface area contributed by atoms with Gasteiger partial charge >= 0.3 is 5.97 Å². The first-order valence-corrected chi connectivity index (χ1v) is 9.24. The summed E-state index contributed by atoms with van der Waals surface area (Å²) in [6.07, 6.45) is 0. The molecule has 3 rings (SSSR count). The van der Waals surface area contributed by atoms with Crippen molar-refractivity contribution in [2.45, 2.75) is 20.4 Å². The maximum Gasteiger partial charge on any atom is 0.362 e. The molecule has 0 fully saturated rings. The van der Waals surface area contributed by atoms with Gasteiger partial charge in [-0.3, -0.25) is 10.1 Å². The Hall–Kier alpha value is -3.95. The second-order valence-electron chi connectivity index (χ2n) is 6.17. The Balaban J connectivity index is 2.04. The van der Waals surface area contributed by atoms with Crippen molar-refractivity contribution in [2.75, 3.05) is 18.5 Å². The SMILES string of the molecule is CCOC(=O)c1nc2cc(NCc3ccc(O)cc3)c([N+](=O)[O-])cc2nc1OCC. The van der Waals surface area contributed by atoms with Crippen LogP contribution in [0.3, 0.4) is 0 Å². The van der Waals surface area contributed by atoms with Crippen LogP contribution in [-0.2, 0) is 11.3 Å². The third-order valence-corrected chi connectivity index (χ3v) is 4.12. The number of benzene rings is 2. The number of nitrogens with zero attached hydrogens (tertiary/aromatic N) is 3. The molecular formula is C20H20N4O6. The molecule has 10 nitrogen and oxygen atoms in total. The highest BCUT2D eigenvalue weighted by Crippen LogP contribution is 2.31. The Bertz CT molecular complexity index is 1080. The molecule has 30 heavy (non-hydrogen) atoms. The number of fused-ring (bicyclic) bond motifs is 1. The average Bonchev–Trinajstić information content (AvgIpc) is 2.72. The highest BCUT2D eigenvalue weighted by molar-refractivity contribution is 5.94. The number of aromatic nitrogens is 2. The molecule has 1 aromatic heterocycles. The smallest absolute Gasteiger partial charge is 0.362 e. The number of rotatable bonds is 8. The van der Waals surface area contributed by atoms with Gasteiger partial charge in [0.2, 0.25) is 11.6 Å². The van der Waals surface area contributed by atoms with E-state index in [0.29, 0.717) is 0 Å². The molecular weight excluding hydrogens is 392 g/mol. The van der Waals surface area contributed by atoms with E-state index in [1.54, 1.807) is 26.0 Å². The van der Waals surface area contributed by atoms with Gasteiger partial charge in [0.25, 0.3) is 5.69 Å². The minimum atomic E-state index is -0.688. The fraction of sp³-hybridized carbons (Fsp3) is 0.250. The van der Waals surface area contributed by atoms with Crippen LogP contribution in [0.25, 0.3) is 11.0 Å². The molecule has 0 aliphatic rings. The summed E-state index contributed by atoms with van der Waals surface area (Å²) in [6, 6.07) is 9.18. The number of carbonyl (C=O) groups is 1. The predicted octanol–water partition coefficient (Wildman–Crippen LogP) is 3.43. The van der Waals surface area contributed by atoms with Crippen LogP contribution < -0.4 is 10.1 Å². The first kappa shape index (κ1) is 20.8. The Morgan fingerprint density at radius 1 is 1.13 bits per heavy atom. The maximum absolute atomic E-state index is 12.2. The maximum atomic E-state index is 12.2. The van der Waals surface area contributed by atoms with Gasteiger partial charge in [-0.05, 0) is 37.6 Å². The molecule has 2 N–H and O–H groups in total. The molecule has 0 bridgehead atoms. The van der Waals surface area contributed by atoms with Crippen LogP contribution in [0.5, 0.6) is 11.6 Å². The van der Waals surface area contributed by atoms with Crippen LogP contribution in [0.4, 0.5) is 11.4 Å². The van der Waals surface area contributed by atoms with Gasteiger partial charge in [-0.25, -0.2) is 14.8 Å². The number of esters is 1. The van der Waals surface area contributed by atoms with E-state index < -0.39 is 10.9 Å². The summed E-state index contributed by atoms with van der Waals surface area (Å²) in [6.45, 7) is 4.06. The van der Waals surface area contributed by atoms with Crippen LogP contribution in [0.2, 0.25) is 0 Å². The van der Waals surface area contributed by atoms with E-state index in [4.69, 9.17) is 9.47 Å². The van der Waals surface area contributed by atoms with Gasteiger partial charge in [0.1, 0.15) is 11.4 Å². The largest absolute Gasteiger partial charge is 0.508 e.